The second-order valence-electron chi connectivity index (χ2n) is 5.40. The van der Waals surface area contributed by atoms with Crippen molar-refractivity contribution < 1.29 is 5.11 Å². The maximum Gasteiger partial charge on any atom is 0.115 e. The fourth-order valence-corrected chi connectivity index (χ4v) is 1.78. The average molecular weight is 241 g/mol. The first kappa shape index (κ1) is 13.4. The number of hydrogen-bond donors (Lipinski definition) is 1. The van der Waals surface area contributed by atoms with Crippen LogP contribution in [0.4, 0.5) is 0 Å². The lowest BCUT2D eigenvalue weighted by Crippen LogP contribution is -2.20. The van der Waals surface area contributed by atoms with Gasteiger partial charge in [-0.25, -0.2) is 0 Å². The molecule has 0 aromatic heterocycles. The van der Waals surface area contributed by atoms with Crippen molar-refractivity contribution in [2.75, 3.05) is 0 Å². The van der Waals surface area contributed by atoms with E-state index in [4.69, 9.17) is 11.6 Å². The average Bonchev–Trinajstić information content (AvgIpc) is 2.16. The van der Waals surface area contributed by atoms with Crippen LogP contribution in [-0.2, 0) is 6.42 Å². The van der Waals surface area contributed by atoms with Gasteiger partial charge < -0.3 is 5.11 Å². The van der Waals surface area contributed by atoms with E-state index in [-0.39, 0.29) is 10.8 Å². The third kappa shape index (κ3) is 4.44. The summed E-state index contributed by atoms with van der Waals surface area (Å²) in [5, 5.41) is 9.54. The van der Waals surface area contributed by atoms with Crippen molar-refractivity contribution in [3.63, 3.8) is 0 Å². The van der Waals surface area contributed by atoms with Gasteiger partial charge in [-0.2, -0.15) is 0 Å². The minimum atomic E-state index is 0.167. The zero-order valence-electron chi connectivity index (χ0n) is 10.3. The largest absolute Gasteiger partial charge is 0.508 e. The molecule has 1 aromatic rings. The molecule has 0 aliphatic carbocycles. The van der Waals surface area contributed by atoms with Gasteiger partial charge in [-0.15, -0.1) is 11.6 Å². The quantitative estimate of drug-likeness (QED) is 0.775. The maximum atomic E-state index is 9.32. The van der Waals surface area contributed by atoms with E-state index < -0.39 is 0 Å². The van der Waals surface area contributed by atoms with E-state index in [9.17, 15) is 5.11 Å². The molecule has 16 heavy (non-hydrogen) atoms. The molecule has 0 radical (unpaired) electrons. The number of hydrogen-bond acceptors (Lipinski definition) is 1. The molecule has 1 unspecified atom stereocenters. The van der Waals surface area contributed by atoms with Gasteiger partial charge in [-0.3, -0.25) is 0 Å². The minimum Gasteiger partial charge on any atom is -0.508 e. The Hall–Kier alpha value is -0.690. The number of halogens is 1. The van der Waals surface area contributed by atoms with E-state index in [0.717, 1.165) is 19.3 Å². The predicted molar refractivity (Wildman–Crippen MR) is 70.1 cm³/mol. The SMILES string of the molecule is CC(C)(C)C(Cl)CCCc1cccc(O)c1. The highest BCUT2D eigenvalue weighted by Crippen LogP contribution is 2.28. The van der Waals surface area contributed by atoms with Crippen LogP contribution in [0.3, 0.4) is 0 Å². The molecule has 0 saturated carbocycles. The molecule has 1 N–H and O–H groups in total. The highest BCUT2D eigenvalue weighted by atomic mass is 35.5. The summed E-state index contributed by atoms with van der Waals surface area (Å²) in [5.41, 5.74) is 1.35. The lowest BCUT2D eigenvalue weighted by molar-refractivity contribution is 0.369. The Bertz CT molecular complexity index is 328. The monoisotopic (exact) mass is 240 g/mol. The Kier molecular flexibility index (Phi) is 4.67. The van der Waals surface area contributed by atoms with Gasteiger partial charge in [0.05, 0.1) is 0 Å². The first-order valence-electron chi connectivity index (χ1n) is 5.81. The number of phenolic OH excluding ortho intramolecular Hbond substituents is 1. The van der Waals surface area contributed by atoms with Gasteiger partial charge in [0, 0.05) is 5.38 Å². The van der Waals surface area contributed by atoms with Crippen molar-refractivity contribution in [1.82, 2.24) is 0 Å². The number of aromatic hydroxyl groups is 1. The normalized spacial score (nSPS) is 13.8. The molecular formula is C14H21ClO. The van der Waals surface area contributed by atoms with Crippen LogP contribution in [0.25, 0.3) is 0 Å². The summed E-state index contributed by atoms with van der Waals surface area (Å²) in [6, 6.07) is 7.44. The van der Waals surface area contributed by atoms with Gasteiger partial charge in [0.25, 0.3) is 0 Å². The molecule has 90 valence electrons. The number of aryl methyl sites for hydroxylation is 1. The van der Waals surface area contributed by atoms with E-state index in [1.807, 2.05) is 18.2 Å². The molecule has 0 saturated heterocycles. The Balaban J connectivity index is 2.36. The van der Waals surface area contributed by atoms with Crippen LogP contribution >= 0.6 is 11.6 Å². The second kappa shape index (κ2) is 5.58. The third-order valence-electron chi connectivity index (χ3n) is 2.77. The fraction of sp³-hybridized carbons (Fsp3) is 0.571. The molecular weight excluding hydrogens is 220 g/mol. The molecule has 1 aromatic carbocycles. The number of phenols is 1. The Labute approximate surface area is 103 Å². The highest BCUT2D eigenvalue weighted by Gasteiger charge is 2.21. The summed E-state index contributed by atoms with van der Waals surface area (Å²) in [6.45, 7) is 6.50. The van der Waals surface area contributed by atoms with Gasteiger partial charge in [0.1, 0.15) is 5.75 Å². The molecule has 2 heteroatoms. The van der Waals surface area contributed by atoms with Crippen LogP contribution in [0.15, 0.2) is 24.3 Å². The molecule has 0 amide bonds. The van der Waals surface area contributed by atoms with Crippen molar-refractivity contribution in [3.05, 3.63) is 29.8 Å². The van der Waals surface area contributed by atoms with E-state index in [0.29, 0.717) is 5.75 Å². The number of alkyl halides is 1. The van der Waals surface area contributed by atoms with Crippen LogP contribution in [0, 0.1) is 5.41 Å². The maximum absolute atomic E-state index is 9.32. The van der Waals surface area contributed by atoms with Gasteiger partial charge >= 0.3 is 0 Å². The van der Waals surface area contributed by atoms with Crippen molar-refractivity contribution in [1.29, 1.82) is 0 Å². The van der Waals surface area contributed by atoms with Gasteiger partial charge in [-0.1, -0.05) is 32.9 Å². The van der Waals surface area contributed by atoms with Crippen molar-refractivity contribution in [2.45, 2.75) is 45.4 Å². The Morgan fingerprint density at radius 3 is 2.56 bits per heavy atom. The Morgan fingerprint density at radius 1 is 1.31 bits per heavy atom. The van der Waals surface area contributed by atoms with Crippen LogP contribution in [0.1, 0.15) is 39.2 Å². The molecule has 1 atom stereocenters. The van der Waals surface area contributed by atoms with E-state index >= 15 is 0 Å². The minimum absolute atomic E-state index is 0.167. The van der Waals surface area contributed by atoms with Crippen LogP contribution in [0.5, 0.6) is 5.75 Å². The van der Waals surface area contributed by atoms with Crippen LogP contribution in [0.2, 0.25) is 0 Å². The van der Waals surface area contributed by atoms with Crippen LogP contribution < -0.4 is 0 Å². The summed E-state index contributed by atoms with van der Waals surface area (Å²) in [6.07, 6.45) is 3.06. The van der Waals surface area contributed by atoms with E-state index in [1.54, 1.807) is 6.07 Å². The van der Waals surface area contributed by atoms with Crippen molar-refractivity contribution in [2.24, 2.45) is 5.41 Å². The topological polar surface area (TPSA) is 20.2 Å². The summed E-state index contributed by atoms with van der Waals surface area (Å²) in [4.78, 5) is 0. The van der Waals surface area contributed by atoms with Crippen molar-refractivity contribution >= 4 is 11.6 Å². The molecule has 1 nitrogen and oxygen atoms in total. The second-order valence-corrected chi connectivity index (χ2v) is 5.92. The summed E-state index contributed by atoms with van der Waals surface area (Å²) < 4.78 is 0. The zero-order chi connectivity index (χ0) is 12.2. The van der Waals surface area contributed by atoms with E-state index in [1.165, 1.54) is 5.56 Å². The smallest absolute Gasteiger partial charge is 0.115 e. The fourth-order valence-electron chi connectivity index (χ4n) is 1.63. The predicted octanol–water partition coefficient (Wildman–Crippen LogP) is 4.37. The van der Waals surface area contributed by atoms with Gasteiger partial charge in [0.15, 0.2) is 0 Å². The molecule has 0 heterocycles. The lowest BCUT2D eigenvalue weighted by Gasteiger charge is -2.24. The molecule has 0 spiro atoms. The number of benzene rings is 1. The molecule has 0 aliphatic rings. The third-order valence-corrected chi connectivity index (χ3v) is 3.65. The molecule has 0 aliphatic heterocycles. The lowest BCUT2D eigenvalue weighted by atomic mass is 9.88. The Morgan fingerprint density at radius 2 is 2.00 bits per heavy atom. The van der Waals surface area contributed by atoms with Gasteiger partial charge in [-0.05, 0) is 42.4 Å². The molecule has 1 rings (SSSR count). The molecule has 0 bridgehead atoms. The summed E-state index contributed by atoms with van der Waals surface area (Å²) in [7, 11) is 0. The van der Waals surface area contributed by atoms with E-state index in [2.05, 4.69) is 20.8 Å². The summed E-state index contributed by atoms with van der Waals surface area (Å²) in [5.74, 6) is 0.343. The first-order valence-corrected chi connectivity index (χ1v) is 6.25. The first-order chi connectivity index (χ1) is 7.39. The van der Waals surface area contributed by atoms with Crippen molar-refractivity contribution in [3.8, 4) is 5.75 Å². The highest BCUT2D eigenvalue weighted by molar-refractivity contribution is 6.21. The van der Waals surface area contributed by atoms with Gasteiger partial charge in [0.2, 0.25) is 0 Å². The van der Waals surface area contributed by atoms with Crippen LogP contribution in [-0.4, -0.2) is 10.5 Å². The number of rotatable bonds is 4. The standard InChI is InChI=1S/C14H21ClO/c1-14(2,3)13(15)9-5-7-11-6-4-8-12(16)10-11/h4,6,8,10,13,16H,5,7,9H2,1-3H3. The molecule has 0 fully saturated rings. The zero-order valence-corrected chi connectivity index (χ0v) is 11.1. The summed E-state index contributed by atoms with van der Waals surface area (Å²) >= 11 is 6.31.